The molecule has 4 nitrogen and oxygen atoms in total. The van der Waals surface area contributed by atoms with Crippen molar-refractivity contribution < 1.29 is 13.9 Å². The number of ether oxygens (including phenoxy) is 2. The normalized spacial score (nSPS) is 16.5. The first kappa shape index (κ1) is 15.6. The predicted octanol–water partition coefficient (Wildman–Crippen LogP) is 4.58. The molecule has 1 aliphatic heterocycles. The van der Waals surface area contributed by atoms with E-state index in [2.05, 4.69) is 10.2 Å². The minimum atomic E-state index is -0.477. The highest BCUT2D eigenvalue weighted by molar-refractivity contribution is 8.00. The lowest BCUT2D eigenvalue weighted by Crippen LogP contribution is -2.19. The van der Waals surface area contributed by atoms with Crippen molar-refractivity contribution in [3.8, 4) is 5.75 Å². The Labute approximate surface area is 146 Å². The zero-order chi connectivity index (χ0) is 16.4. The van der Waals surface area contributed by atoms with Gasteiger partial charge in [-0.05, 0) is 12.1 Å². The van der Waals surface area contributed by atoms with E-state index in [1.165, 1.54) is 35.2 Å². The fourth-order valence-corrected chi connectivity index (χ4v) is 3.98. The van der Waals surface area contributed by atoms with Crippen molar-refractivity contribution in [2.75, 3.05) is 0 Å². The molecular weight excluding hydrogens is 347 g/mol. The maximum absolute atomic E-state index is 13.9. The number of fused-ring (bicyclic) bond motifs is 1. The number of benzene rings is 2. The molecule has 0 fully saturated rings. The SMILES string of the molecule is Fc1cc2c(c(CSc3nncs3)c1)O[C@H](c1ccccc1)OC2. The lowest BCUT2D eigenvalue weighted by atomic mass is 10.1. The molecule has 3 aromatic rings. The van der Waals surface area contributed by atoms with E-state index in [0.29, 0.717) is 18.1 Å². The van der Waals surface area contributed by atoms with Crippen molar-refractivity contribution in [2.24, 2.45) is 0 Å². The van der Waals surface area contributed by atoms with Gasteiger partial charge in [0.1, 0.15) is 17.1 Å². The average molecular weight is 360 g/mol. The third-order valence-electron chi connectivity index (χ3n) is 3.59. The van der Waals surface area contributed by atoms with Crippen LogP contribution in [0.4, 0.5) is 4.39 Å². The molecule has 24 heavy (non-hydrogen) atoms. The van der Waals surface area contributed by atoms with Crippen LogP contribution in [-0.2, 0) is 17.1 Å². The summed E-state index contributed by atoms with van der Waals surface area (Å²) in [6.07, 6.45) is -0.477. The number of aromatic nitrogens is 2. The second kappa shape index (κ2) is 6.88. The van der Waals surface area contributed by atoms with Crippen LogP contribution in [0.3, 0.4) is 0 Å². The quantitative estimate of drug-likeness (QED) is 0.637. The Morgan fingerprint density at radius 1 is 1.25 bits per heavy atom. The first-order valence-electron chi connectivity index (χ1n) is 7.33. The van der Waals surface area contributed by atoms with Gasteiger partial charge in [0.15, 0.2) is 4.34 Å². The van der Waals surface area contributed by atoms with Gasteiger partial charge in [-0.3, -0.25) is 0 Å². The minimum Gasteiger partial charge on any atom is -0.460 e. The van der Waals surface area contributed by atoms with Gasteiger partial charge in [0.05, 0.1) is 6.61 Å². The third-order valence-corrected chi connectivity index (χ3v) is 5.49. The highest BCUT2D eigenvalue weighted by Crippen LogP contribution is 2.38. The zero-order valence-corrected chi connectivity index (χ0v) is 14.1. The molecule has 0 bridgehead atoms. The van der Waals surface area contributed by atoms with Gasteiger partial charge < -0.3 is 9.47 Å². The van der Waals surface area contributed by atoms with Gasteiger partial charge in [-0.2, -0.15) is 0 Å². The summed E-state index contributed by atoms with van der Waals surface area (Å²) < 4.78 is 26.5. The van der Waals surface area contributed by atoms with Gasteiger partial charge in [-0.15, -0.1) is 10.2 Å². The van der Waals surface area contributed by atoms with E-state index < -0.39 is 6.29 Å². The summed E-state index contributed by atoms with van der Waals surface area (Å²) in [6.45, 7) is 0.323. The zero-order valence-electron chi connectivity index (χ0n) is 12.5. The van der Waals surface area contributed by atoms with Crippen molar-refractivity contribution in [1.29, 1.82) is 0 Å². The van der Waals surface area contributed by atoms with Crippen LogP contribution in [0.1, 0.15) is 23.0 Å². The van der Waals surface area contributed by atoms with Crippen molar-refractivity contribution in [3.63, 3.8) is 0 Å². The van der Waals surface area contributed by atoms with Gasteiger partial charge in [-0.1, -0.05) is 53.4 Å². The number of nitrogens with zero attached hydrogens (tertiary/aromatic N) is 2. The van der Waals surface area contributed by atoms with E-state index in [1.54, 1.807) is 5.51 Å². The first-order valence-corrected chi connectivity index (χ1v) is 9.19. The van der Waals surface area contributed by atoms with Crippen LogP contribution in [0.5, 0.6) is 5.75 Å². The second-order valence-electron chi connectivity index (χ2n) is 5.22. The monoisotopic (exact) mass is 360 g/mol. The lowest BCUT2D eigenvalue weighted by Gasteiger charge is -2.28. The molecule has 0 saturated heterocycles. The van der Waals surface area contributed by atoms with Gasteiger partial charge in [0, 0.05) is 22.4 Å². The summed E-state index contributed by atoms with van der Waals surface area (Å²) in [4.78, 5) is 0. The standard InChI is InChI=1S/C17H13FN2O2S2/c18-14-6-12-8-21-16(11-4-2-1-3-5-11)22-15(12)13(7-14)9-23-17-20-19-10-24-17/h1-7,10,16H,8-9H2/t16-/m1/s1. The maximum atomic E-state index is 13.9. The second-order valence-corrected chi connectivity index (χ2v) is 7.27. The van der Waals surface area contributed by atoms with Crippen molar-refractivity contribution in [2.45, 2.75) is 23.0 Å². The predicted molar refractivity (Wildman–Crippen MR) is 90.5 cm³/mol. The Hall–Kier alpha value is -1.96. The largest absolute Gasteiger partial charge is 0.460 e. The average Bonchev–Trinajstić information content (AvgIpc) is 3.13. The van der Waals surface area contributed by atoms with E-state index in [-0.39, 0.29) is 5.82 Å². The first-order chi connectivity index (χ1) is 11.8. The van der Waals surface area contributed by atoms with Crippen LogP contribution in [0.2, 0.25) is 0 Å². The fraction of sp³-hybridized carbons (Fsp3) is 0.176. The van der Waals surface area contributed by atoms with Crippen LogP contribution in [0.25, 0.3) is 0 Å². The number of halogens is 1. The minimum absolute atomic E-state index is 0.285. The van der Waals surface area contributed by atoms with Gasteiger partial charge in [0.2, 0.25) is 6.29 Å². The van der Waals surface area contributed by atoms with Crippen LogP contribution in [0, 0.1) is 5.82 Å². The molecule has 0 N–H and O–H groups in total. The number of rotatable bonds is 4. The molecule has 0 amide bonds. The molecule has 7 heteroatoms. The Morgan fingerprint density at radius 2 is 2.12 bits per heavy atom. The van der Waals surface area contributed by atoms with Gasteiger partial charge >= 0.3 is 0 Å². The van der Waals surface area contributed by atoms with E-state index in [9.17, 15) is 4.39 Å². The molecule has 0 aliphatic carbocycles. The van der Waals surface area contributed by atoms with Crippen molar-refractivity contribution in [3.05, 3.63) is 70.5 Å². The Balaban J connectivity index is 1.60. The van der Waals surface area contributed by atoms with E-state index in [4.69, 9.17) is 9.47 Å². The Morgan fingerprint density at radius 3 is 2.92 bits per heavy atom. The van der Waals surface area contributed by atoms with Crippen LogP contribution in [0.15, 0.2) is 52.3 Å². The number of thioether (sulfide) groups is 1. The van der Waals surface area contributed by atoms with Crippen LogP contribution >= 0.6 is 23.1 Å². The van der Waals surface area contributed by atoms with Crippen molar-refractivity contribution in [1.82, 2.24) is 10.2 Å². The third kappa shape index (κ3) is 3.28. The van der Waals surface area contributed by atoms with E-state index >= 15 is 0 Å². The summed E-state index contributed by atoms with van der Waals surface area (Å²) >= 11 is 2.98. The Kier molecular flexibility index (Phi) is 4.46. The Bertz CT molecular complexity index is 828. The van der Waals surface area contributed by atoms with Crippen LogP contribution in [-0.4, -0.2) is 10.2 Å². The van der Waals surface area contributed by atoms with E-state index in [0.717, 1.165) is 21.0 Å². The molecule has 0 radical (unpaired) electrons. The van der Waals surface area contributed by atoms with Crippen molar-refractivity contribution >= 4 is 23.1 Å². The maximum Gasteiger partial charge on any atom is 0.227 e. The smallest absolute Gasteiger partial charge is 0.227 e. The molecule has 0 saturated carbocycles. The molecule has 1 atom stereocenters. The molecule has 4 rings (SSSR count). The molecule has 2 heterocycles. The topological polar surface area (TPSA) is 44.2 Å². The molecular formula is C17H13FN2O2S2. The highest BCUT2D eigenvalue weighted by Gasteiger charge is 2.25. The molecule has 0 spiro atoms. The number of hydrogen-bond acceptors (Lipinski definition) is 6. The highest BCUT2D eigenvalue weighted by atomic mass is 32.2. The summed E-state index contributed by atoms with van der Waals surface area (Å²) in [7, 11) is 0. The summed E-state index contributed by atoms with van der Waals surface area (Å²) in [5.74, 6) is 0.983. The number of hydrogen-bond donors (Lipinski definition) is 0. The summed E-state index contributed by atoms with van der Waals surface area (Å²) in [5.41, 5.74) is 4.15. The van der Waals surface area contributed by atoms with Gasteiger partial charge in [0.25, 0.3) is 0 Å². The lowest BCUT2D eigenvalue weighted by molar-refractivity contribution is -0.112. The molecule has 1 aliphatic rings. The fourth-order valence-electron chi connectivity index (χ4n) is 2.52. The molecule has 122 valence electrons. The molecule has 2 aromatic carbocycles. The van der Waals surface area contributed by atoms with Crippen LogP contribution < -0.4 is 4.74 Å². The van der Waals surface area contributed by atoms with Gasteiger partial charge in [-0.25, -0.2) is 4.39 Å². The molecule has 0 unspecified atom stereocenters. The summed E-state index contributed by atoms with van der Waals surface area (Å²) in [6, 6.07) is 12.7. The molecule has 1 aromatic heterocycles. The summed E-state index contributed by atoms with van der Waals surface area (Å²) in [5, 5.41) is 7.81. The van der Waals surface area contributed by atoms with E-state index in [1.807, 2.05) is 30.3 Å².